The van der Waals surface area contributed by atoms with Crippen molar-refractivity contribution in [1.82, 2.24) is 5.06 Å². The monoisotopic (exact) mass is 201 g/mol. The molecule has 14 heavy (non-hydrogen) atoms. The molecule has 0 bridgehead atoms. The second-order valence-electron chi connectivity index (χ2n) is 2.80. The number of ether oxygens (including phenoxy) is 2. The van der Waals surface area contributed by atoms with Crippen molar-refractivity contribution in [2.75, 3.05) is 26.8 Å². The van der Waals surface area contributed by atoms with Crippen LogP contribution in [0.5, 0.6) is 0 Å². The summed E-state index contributed by atoms with van der Waals surface area (Å²) in [6.07, 6.45) is 0. The van der Waals surface area contributed by atoms with Gasteiger partial charge in [0.1, 0.15) is 5.57 Å². The van der Waals surface area contributed by atoms with Gasteiger partial charge in [0.05, 0.1) is 19.8 Å². The Morgan fingerprint density at radius 2 is 2.21 bits per heavy atom. The third-order valence-corrected chi connectivity index (χ3v) is 1.66. The van der Waals surface area contributed by atoms with Crippen LogP contribution >= 0.6 is 0 Å². The van der Waals surface area contributed by atoms with Crippen LogP contribution in [0.3, 0.4) is 0 Å². The van der Waals surface area contributed by atoms with E-state index in [4.69, 9.17) is 14.3 Å². The van der Waals surface area contributed by atoms with Gasteiger partial charge >= 0.3 is 11.9 Å². The maximum Gasteiger partial charge on any atom is 0.342 e. The van der Waals surface area contributed by atoms with E-state index in [1.54, 1.807) is 14.0 Å². The van der Waals surface area contributed by atoms with Gasteiger partial charge in [0.15, 0.2) is 0 Å². The number of carbonyl (C=O) groups excluding carboxylic acids is 1. The van der Waals surface area contributed by atoms with Gasteiger partial charge in [0.25, 0.3) is 0 Å². The molecule has 0 N–H and O–H groups in total. The van der Waals surface area contributed by atoms with Crippen LogP contribution in [0.15, 0.2) is 11.5 Å². The van der Waals surface area contributed by atoms with Crippen molar-refractivity contribution < 1.29 is 19.1 Å². The smallest absolute Gasteiger partial charge is 0.342 e. The minimum atomic E-state index is -0.375. The molecule has 0 saturated heterocycles. The molecule has 0 aromatic rings. The van der Waals surface area contributed by atoms with E-state index in [0.717, 1.165) is 0 Å². The summed E-state index contributed by atoms with van der Waals surface area (Å²) in [7, 11) is 1.73. The third kappa shape index (κ3) is 2.38. The predicted octanol–water partition coefficient (Wildman–Crippen LogP) is 0.675. The topological polar surface area (TPSA) is 48.0 Å². The van der Waals surface area contributed by atoms with Gasteiger partial charge < -0.3 is 14.3 Å². The van der Waals surface area contributed by atoms with Gasteiger partial charge in [-0.15, -0.1) is 5.06 Å². The lowest BCUT2D eigenvalue weighted by atomic mass is 10.3. The molecule has 0 atom stereocenters. The van der Waals surface area contributed by atoms with Crippen LogP contribution in [0.4, 0.5) is 0 Å². The fourth-order valence-electron chi connectivity index (χ4n) is 1.13. The molecule has 1 aliphatic heterocycles. The third-order valence-electron chi connectivity index (χ3n) is 1.66. The zero-order valence-electron chi connectivity index (χ0n) is 8.70. The van der Waals surface area contributed by atoms with E-state index in [1.807, 2.05) is 6.92 Å². The lowest BCUT2D eigenvalue weighted by Crippen LogP contribution is -2.16. The molecular weight excluding hydrogens is 186 g/mol. The fourth-order valence-corrected chi connectivity index (χ4v) is 1.13. The molecule has 0 amide bonds. The van der Waals surface area contributed by atoms with Crippen LogP contribution in [0.1, 0.15) is 13.8 Å². The van der Waals surface area contributed by atoms with Gasteiger partial charge in [-0.25, -0.2) is 4.79 Å². The van der Waals surface area contributed by atoms with Gasteiger partial charge in [-0.05, 0) is 13.8 Å². The van der Waals surface area contributed by atoms with E-state index in [2.05, 4.69) is 0 Å². The summed E-state index contributed by atoms with van der Waals surface area (Å²) in [5.74, 6) is -0.117. The first-order chi connectivity index (χ1) is 6.69. The summed E-state index contributed by atoms with van der Waals surface area (Å²) >= 11 is 0. The fraction of sp³-hybridized carbons (Fsp3) is 0.667. The summed E-state index contributed by atoms with van der Waals surface area (Å²) in [5.41, 5.74) is 0.441. The zero-order chi connectivity index (χ0) is 10.6. The van der Waals surface area contributed by atoms with Crippen molar-refractivity contribution >= 4 is 5.97 Å². The molecule has 1 rings (SSSR count). The molecule has 0 fully saturated rings. The highest BCUT2D eigenvalue weighted by Crippen LogP contribution is 2.19. The molecule has 5 nitrogen and oxygen atoms in total. The Kier molecular flexibility index (Phi) is 3.76. The number of hydrogen-bond donors (Lipinski definition) is 0. The van der Waals surface area contributed by atoms with Crippen molar-refractivity contribution in [1.29, 1.82) is 0 Å². The van der Waals surface area contributed by atoms with Crippen LogP contribution in [0.25, 0.3) is 0 Å². The van der Waals surface area contributed by atoms with E-state index < -0.39 is 0 Å². The molecule has 1 aliphatic rings. The molecule has 0 saturated carbocycles. The number of hydroxylamine groups is 2. The van der Waals surface area contributed by atoms with Crippen LogP contribution in [-0.4, -0.2) is 37.8 Å². The molecule has 0 unspecified atom stereocenters. The first-order valence-corrected chi connectivity index (χ1v) is 4.61. The minimum absolute atomic E-state index is 0.258. The molecule has 0 radical (unpaired) electrons. The Hall–Kier alpha value is -1.23. The predicted molar refractivity (Wildman–Crippen MR) is 49.0 cm³/mol. The molecule has 5 heteroatoms. The van der Waals surface area contributed by atoms with Crippen molar-refractivity contribution in [3.8, 4) is 0 Å². The number of rotatable bonds is 4. The first-order valence-electron chi connectivity index (χ1n) is 4.61. The molecule has 1 heterocycles. The Morgan fingerprint density at radius 3 is 2.79 bits per heavy atom. The van der Waals surface area contributed by atoms with Gasteiger partial charge in [0, 0.05) is 7.05 Å². The van der Waals surface area contributed by atoms with Gasteiger partial charge in [-0.1, -0.05) is 0 Å². The lowest BCUT2D eigenvalue weighted by molar-refractivity contribution is -0.138. The van der Waals surface area contributed by atoms with E-state index >= 15 is 0 Å². The highest BCUT2D eigenvalue weighted by molar-refractivity contribution is 5.89. The van der Waals surface area contributed by atoms with Crippen molar-refractivity contribution in [2.45, 2.75) is 13.8 Å². The quantitative estimate of drug-likeness (QED) is 0.626. The molecule has 0 aromatic carbocycles. The molecule has 0 aromatic heterocycles. The Labute approximate surface area is 83.2 Å². The van der Waals surface area contributed by atoms with E-state index in [0.29, 0.717) is 25.3 Å². The number of likely N-dealkylation sites (N-methyl/N-ethyl adjacent to an activating group) is 1. The molecule has 0 spiro atoms. The first kappa shape index (κ1) is 10.8. The normalized spacial score (nSPS) is 16.8. The SMILES string of the molecule is CCOC(=O)C1=C(OCC)ON(C)C1. The number of carbonyl (C=O) groups is 1. The van der Waals surface area contributed by atoms with Gasteiger partial charge in [-0.3, -0.25) is 0 Å². The second-order valence-corrected chi connectivity index (χ2v) is 2.80. The average Bonchev–Trinajstić information content (AvgIpc) is 2.48. The van der Waals surface area contributed by atoms with E-state index in [1.165, 1.54) is 5.06 Å². The standard InChI is InChI=1S/C9H15NO4/c1-4-12-8(11)7-6-10(3)14-9(7)13-5-2/h4-6H2,1-3H3. The van der Waals surface area contributed by atoms with Crippen molar-refractivity contribution in [2.24, 2.45) is 0 Å². The highest BCUT2D eigenvalue weighted by atomic mass is 16.8. The van der Waals surface area contributed by atoms with Gasteiger partial charge in [0.2, 0.25) is 0 Å². The van der Waals surface area contributed by atoms with Crippen molar-refractivity contribution in [3.05, 3.63) is 11.5 Å². The van der Waals surface area contributed by atoms with Crippen LogP contribution in [0.2, 0.25) is 0 Å². The molecule has 80 valence electrons. The highest BCUT2D eigenvalue weighted by Gasteiger charge is 2.29. The number of hydrogen-bond acceptors (Lipinski definition) is 5. The van der Waals surface area contributed by atoms with Crippen LogP contribution in [-0.2, 0) is 19.1 Å². The average molecular weight is 201 g/mol. The Morgan fingerprint density at radius 1 is 1.50 bits per heavy atom. The van der Waals surface area contributed by atoms with Gasteiger partial charge in [-0.2, -0.15) is 0 Å². The second kappa shape index (κ2) is 4.85. The lowest BCUT2D eigenvalue weighted by Gasteiger charge is -2.08. The molecule has 0 aliphatic carbocycles. The van der Waals surface area contributed by atoms with Crippen LogP contribution < -0.4 is 0 Å². The maximum atomic E-state index is 11.4. The van der Waals surface area contributed by atoms with E-state index in [9.17, 15) is 4.79 Å². The Bertz CT molecular complexity index is 249. The minimum Gasteiger partial charge on any atom is -0.464 e. The summed E-state index contributed by atoms with van der Waals surface area (Å²) in [5, 5.41) is 1.53. The van der Waals surface area contributed by atoms with Crippen molar-refractivity contribution in [3.63, 3.8) is 0 Å². The van der Waals surface area contributed by atoms with Crippen LogP contribution in [0, 0.1) is 0 Å². The summed E-state index contributed by atoms with van der Waals surface area (Å²) < 4.78 is 10.0. The molecular formula is C9H15NO4. The van der Waals surface area contributed by atoms with E-state index in [-0.39, 0.29) is 11.9 Å². The Balaban J connectivity index is 2.70. The summed E-state index contributed by atoms with van der Waals surface area (Å²) in [6.45, 7) is 4.81. The number of esters is 1. The maximum absolute atomic E-state index is 11.4. The zero-order valence-corrected chi connectivity index (χ0v) is 8.70. The summed E-state index contributed by atoms with van der Waals surface area (Å²) in [4.78, 5) is 16.6. The summed E-state index contributed by atoms with van der Waals surface area (Å²) in [6, 6.07) is 0. The number of nitrogens with zero attached hydrogens (tertiary/aromatic N) is 1. The largest absolute Gasteiger partial charge is 0.464 e.